The average Bonchev–Trinajstić information content (AvgIpc) is 2.43. The molecule has 0 saturated heterocycles. The number of hydrogen-bond acceptors (Lipinski definition) is 1. The molecule has 1 nitrogen and oxygen atoms in total. The summed E-state index contributed by atoms with van der Waals surface area (Å²) in [4.78, 5) is 0. The van der Waals surface area contributed by atoms with Crippen molar-refractivity contribution in [1.29, 1.82) is 0 Å². The standard InChI is InChI=1S/C7H15OSi.3C4H9.Sn/c1-7(8)5-6-9(2,3)4;3*1-3-4-2;/h5,7-8H,1-4H3;3*1,3-4H2,2H3;. The third-order valence-corrected chi connectivity index (χ3v) is 31.5. The van der Waals surface area contributed by atoms with E-state index in [0.717, 1.165) is 0 Å². The molecule has 0 aromatic rings. The Labute approximate surface area is 145 Å². The monoisotopic (exact) mass is 434 g/mol. The summed E-state index contributed by atoms with van der Waals surface area (Å²) in [6.07, 6.45) is 10.3. The maximum atomic E-state index is 10.1. The molecular formula is C19H42OSiSn. The molecule has 0 fully saturated rings. The van der Waals surface area contributed by atoms with E-state index in [1.807, 2.05) is 10.1 Å². The number of unbranched alkanes of at least 4 members (excludes halogenated alkanes) is 3. The molecule has 0 bridgehead atoms. The molecule has 0 aliphatic heterocycles. The van der Waals surface area contributed by atoms with Crippen LogP contribution in [0.15, 0.2) is 9.29 Å². The molecule has 1 unspecified atom stereocenters. The second kappa shape index (κ2) is 11.3. The van der Waals surface area contributed by atoms with Gasteiger partial charge in [-0.3, -0.25) is 0 Å². The van der Waals surface area contributed by atoms with Crippen molar-refractivity contribution >= 4 is 26.5 Å². The molecule has 0 aromatic heterocycles. The van der Waals surface area contributed by atoms with E-state index in [2.05, 4.69) is 46.5 Å². The zero-order chi connectivity index (χ0) is 17.2. The van der Waals surface area contributed by atoms with Gasteiger partial charge < -0.3 is 0 Å². The van der Waals surface area contributed by atoms with E-state index in [-0.39, 0.29) is 6.10 Å². The Kier molecular flexibility index (Phi) is 11.7. The Hall–Kier alpha value is 0.716. The van der Waals surface area contributed by atoms with Gasteiger partial charge in [0, 0.05) is 0 Å². The average molecular weight is 433 g/mol. The molecule has 0 radical (unpaired) electrons. The first-order chi connectivity index (χ1) is 10.2. The van der Waals surface area contributed by atoms with Gasteiger partial charge in [-0.25, -0.2) is 0 Å². The minimum absolute atomic E-state index is 0.261. The molecule has 0 saturated carbocycles. The topological polar surface area (TPSA) is 20.2 Å². The van der Waals surface area contributed by atoms with Crippen LogP contribution in [0.5, 0.6) is 0 Å². The van der Waals surface area contributed by atoms with Crippen molar-refractivity contribution in [1.82, 2.24) is 0 Å². The quantitative estimate of drug-likeness (QED) is 0.346. The molecule has 0 rings (SSSR count). The van der Waals surface area contributed by atoms with Crippen LogP contribution in [0.4, 0.5) is 0 Å². The van der Waals surface area contributed by atoms with Crippen molar-refractivity contribution in [2.24, 2.45) is 0 Å². The molecule has 0 spiro atoms. The normalized spacial score (nSPS) is 15.2. The van der Waals surface area contributed by atoms with Crippen molar-refractivity contribution in [3.8, 4) is 0 Å². The third-order valence-electron chi connectivity index (χ3n) is 4.81. The molecule has 132 valence electrons. The summed E-state index contributed by atoms with van der Waals surface area (Å²) in [7, 11) is -1.34. The van der Waals surface area contributed by atoms with Crippen molar-refractivity contribution in [3.05, 3.63) is 9.29 Å². The fourth-order valence-electron chi connectivity index (χ4n) is 3.79. The molecule has 1 N–H and O–H groups in total. The summed E-state index contributed by atoms with van der Waals surface area (Å²) in [6, 6.07) is 0. The van der Waals surface area contributed by atoms with Crippen LogP contribution in [0.2, 0.25) is 33.0 Å². The van der Waals surface area contributed by atoms with Crippen LogP contribution in [-0.2, 0) is 0 Å². The second-order valence-corrected chi connectivity index (χ2v) is 27.8. The summed E-state index contributed by atoms with van der Waals surface area (Å²) in [5, 5.41) is 10.1. The van der Waals surface area contributed by atoms with Crippen molar-refractivity contribution < 1.29 is 5.11 Å². The van der Waals surface area contributed by atoms with E-state index < -0.39 is 26.5 Å². The van der Waals surface area contributed by atoms with E-state index in [1.165, 1.54) is 51.8 Å². The van der Waals surface area contributed by atoms with Gasteiger partial charge >= 0.3 is 146 Å². The summed E-state index contributed by atoms with van der Waals surface area (Å²) < 4.78 is 6.42. The Balaban J connectivity index is 5.77. The van der Waals surface area contributed by atoms with Crippen molar-refractivity contribution in [2.75, 3.05) is 0 Å². The molecule has 3 heteroatoms. The zero-order valence-corrected chi connectivity index (χ0v) is 20.3. The van der Waals surface area contributed by atoms with E-state index in [1.54, 1.807) is 0 Å². The third kappa shape index (κ3) is 8.01. The minimum atomic E-state index is -2.33. The number of aliphatic hydroxyl groups is 1. The second-order valence-electron chi connectivity index (χ2n) is 8.16. The maximum absolute atomic E-state index is 10.1. The predicted molar refractivity (Wildman–Crippen MR) is 108 cm³/mol. The van der Waals surface area contributed by atoms with Crippen molar-refractivity contribution in [2.45, 2.75) is 105 Å². The summed E-state index contributed by atoms with van der Waals surface area (Å²) >= 11 is -2.33. The molecule has 0 aromatic carbocycles. The Morgan fingerprint density at radius 1 is 0.909 bits per heavy atom. The first-order valence-electron chi connectivity index (χ1n) is 9.64. The fraction of sp³-hybridized carbons (Fsp3) is 0.895. The van der Waals surface area contributed by atoms with E-state index in [9.17, 15) is 5.11 Å². The van der Waals surface area contributed by atoms with Gasteiger partial charge in [0.1, 0.15) is 0 Å². The number of hydrogen-bond donors (Lipinski definition) is 1. The van der Waals surface area contributed by atoms with Gasteiger partial charge in [0.15, 0.2) is 0 Å². The zero-order valence-electron chi connectivity index (χ0n) is 16.5. The molecule has 22 heavy (non-hydrogen) atoms. The van der Waals surface area contributed by atoms with Gasteiger partial charge in [0.05, 0.1) is 0 Å². The van der Waals surface area contributed by atoms with Crippen LogP contribution in [0.1, 0.15) is 66.2 Å². The SMILES string of the molecule is CCC[CH2][Sn]([CH2]CCC)([CH2]CCC)[C](=CC(C)O)[Si](C)(C)C. The molecule has 0 aliphatic rings. The summed E-state index contributed by atoms with van der Waals surface area (Å²) in [5.74, 6) is 0. The first-order valence-corrected chi connectivity index (χ1v) is 20.6. The van der Waals surface area contributed by atoms with Crippen molar-refractivity contribution in [3.63, 3.8) is 0 Å². The number of rotatable bonds is 12. The van der Waals surface area contributed by atoms with Crippen LogP contribution in [0, 0.1) is 0 Å². The molecule has 0 amide bonds. The number of aliphatic hydroxyl groups excluding tert-OH is 1. The van der Waals surface area contributed by atoms with Crippen LogP contribution in [-0.4, -0.2) is 37.7 Å². The predicted octanol–water partition coefficient (Wildman–Crippen LogP) is 6.56. The Bertz CT molecular complexity index is 296. The van der Waals surface area contributed by atoms with E-state index in [0.29, 0.717) is 0 Å². The van der Waals surface area contributed by atoms with Gasteiger partial charge in [0.25, 0.3) is 0 Å². The fourth-order valence-corrected chi connectivity index (χ4v) is 37.2. The Morgan fingerprint density at radius 2 is 1.27 bits per heavy atom. The van der Waals surface area contributed by atoms with Crippen LogP contribution in [0.25, 0.3) is 0 Å². The Morgan fingerprint density at radius 3 is 1.50 bits per heavy atom. The molecule has 1 atom stereocenters. The van der Waals surface area contributed by atoms with Crippen LogP contribution in [0.3, 0.4) is 0 Å². The van der Waals surface area contributed by atoms with E-state index >= 15 is 0 Å². The molecule has 0 aliphatic carbocycles. The summed E-state index contributed by atoms with van der Waals surface area (Å²) in [6.45, 7) is 16.5. The van der Waals surface area contributed by atoms with Gasteiger partial charge in [-0.15, -0.1) is 0 Å². The molecule has 0 heterocycles. The van der Waals surface area contributed by atoms with Gasteiger partial charge in [-0.1, -0.05) is 0 Å². The summed E-state index contributed by atoms with van der Waals surface area (Å²) in [5.41, 5.74) is 0. The van der Waals surface area contributed by atoms with Gasteiger partial charge in [-0.2, -0.15) is 0 Å². The van der Waals surface area contributed by atoms with Gasteiger partial charge in [0.2, 0.25) is 0 Å². The van der Waals surface area contributed by atoms with E-state index in [4.69, 9.17) is 0 Å². The molecular weight excluding hydrogens is 391 g/mol. The first kappa shape index (κ1) is 22.7. The van der Waals surface area contributed by atoms with Crippen LogP contribution >= 0.6 is 0 Å². The van der Waals surface area contributed by atoms with Crippen LogP contribution < -0.4 is 0 Å². The van der Waals surface area contributed by atoms with Gasteiger partial charge in [-0.05, 0) is 0 Å².